The van der Waals surface area contributed by atoms with Gasteiger partial charge in [0.05, 0.1) is 10.3 Å². The van der Waals surface area contributed by atoms with E-state index in [4.69, 9.17) is 4.74 Å². The van der Waals surface area contributed by atoms with Gasteiger partial charge in [0.15, 0.2) is 9.84 Å². The van der Waals surface area contributed by atoms with Crippen molar-refractivity contribution in [2.45, 2.75) is 81.8 Å². The van der Waals surface area contributed by atoms with Gasteiger partial charge in [-0.15, -0.1) is 0 Å². The Morgan fingerprint density at radius 3 is 2.37 bits per heavy atom. The van der Waals surface area contributed by atoms with Gasteiger partial charge in [-0.3, -0.25) is 0 Å². The molecule has 0 saturated heterocycles. The maximum Gasteiger partial charge on any atom is 0.407 e. The highest BCUT2D eigenvalue weighted by molar-refractivity contribution is 7.90. The molecule has 10 heteroatoms. The van der Waals surface area contributed by atoms with Crippen LogP contribution in [0, 0.1) is 6.92 Å². The van der Waals surface area contributed by atoms with Crippen LogP contribution in [0.25, 0.3) is 11.0 Å². The van der Waals surface area contributed by atoms with Gasteiger partial charge in [-0.2, -0.15) is 0 Å². The average Bonchev–Trinajstić information content (AvgIpc) is 3.17. The smallest absolute Gasteiger partial charge is 0.407 e. The third kappa shape index (κ3) is 6.30. The molecule has 1 aliphatic carbocycles. The highest BCUT2D eigenvalue weighted by Gasteiger charge is 2.26. The number of hydrogen-bond acceptors (Lipinski definition) is 7. The lowest BCUT2D eigenvalue weighted by molar-refractivity contribution is 0.0492. The van der Waals surface area contributed by atoms with Crippen molar-refractivity contribution >= 4 is 32.8 Å². The lowest BCUT2D eigenvalue weighted by Crippen LogP contribution is -2.42. The summed E-state index contributed by atoms with van der Waals surface area (Å²) in [6.45, 7) is 7.47. The number of ether oxygens (including phenoxy) is 1. The van der Waals surface area contributed by atoms with Crippen molar-refractivity contribution in [2.75, 3.05) is 5.32 Å². The fourth-order valence-corrected chi connectivity index (χ4v) is 5.55. The van der Waals surface area contributed by atoms with Crippen molar-refractivity contribution in [1.29, 1.82) is 0 Å². The number of carbonyl (C=O) groups is 1. The Balaban J connectivity index is 1.40. The molecule has 4 rings (SSSR count). The van der Waals surface area contributed by atoms with E-state index in [1.54, 1.807) is 35.0 Å². The molecule has 35 heavy (non-hydrogen) atoms. The third-order valence-electron chi connectivity index (χ3n) is 6.03. The number of aryl methyl sites for hydroxylation is 1. The third-order valence-corrected chi connectivity index (χ3v) is 7.64. The lowest BCUT2D eigenvalue weighted by Gasteiger charge is -2.30. The minimum atomic E-state index is -3.52. The van der Waals surface area contributed by atoms with Gasteiger partial charge in [-0.25, -0.2) is 23.2 Å². The van der Waals surface area contributed by atoms with Crippen LogP contribution in [0.4, 0.5) is 10.6 Å². The molecule has 1 amide bonds. The van der Waals surface area contributed by atoms with E-state index in [1.165, 1.54) is 6.33 Å². The molecule has 0 aliphatic heterocycles. The Bertz CT molecular complexity index is 1290. The van der Waals surface area contributed by atoms with Crippen LogP contribution in [-0.4, -0.2) is 46.7 Å². The number of amides is 1. The van der Waals surface area contributed by atoms with Gasteiger partial charge >= 0.3 is 6.09 Å². The molecule has 1 saturated carbocycles. The zero-order valence-corrected chi connectivity index (χ0v) is 21.4. The van der Waals surface area contributed by atoms with Gasteiger partial charge in [-0.05, 0) is 71.6 Å². The highest BCUT2D eigenvalue weighted by atomic mass is 32.2. The van der Waals surface area contributed by atoms with E-state index in [-0.39, 0.29) is 28.9 Å². The molecule has 9 nitrogen and oxygen atoms in total. The van der Waals surface area contributed by atoms with Crippen LogP contribution in [0.15, 0.2) is 47.8 Å². The quantitative estimate of drug-likeness (QED) is 0.516. The summed E-state index contributed by atoms with van der Waals surface area (Å²) in [6, 6.07) is 8.98. The van der Waals surface area contributed by atoms with Gasteiger partial charge < -0.3 is 19.9 Å². The molecule has 188 valence electrons. The van der Waals surface area contributed by atoms with Crippen molar-refractivity contribution in [2.24, 2.45) is 0 Å². The molecular formula is C25H33N5O4S. The predicted molar refractivity (Wildman–Crippen MR) is 135 cm³/mol. The van der Waals surface area contributed by atoms with E-state index >= 15 is 0 Å². The summed E-state index contributed by atoms with van der Waals surface area (Å²) in [7, 11) is -3.52. The second kappa shape index (κ2) is 9.85. The number of carbonyl (C=O) groups excluding carboxylic acids is 1. The molecule has 1 aromatic carbocycles. The van der Waals surface area contributed by atoms with Crippen LogP contribution in [0.5, 0.6) is 0 Å². The molecule has 1 aliphatic rings. The van der Waals surface area contributed by atoms with E-state index < -0.39 is 15.4 Å². The fraction of sp³-hybridized carbons (Fsp3) is 0.480. The van der Waals surface area contributed by atoms with Gasteiger partial charge in [0, 0.05) is 18.3 Å². The molecule has 1 fully saturated rings. The Morgan fingerprint density at radius 2 is 1.71 bits per heavy atom. The first-order chi connectivity index (χ1) is 16.5. The molecule has 0 spiro atoms. The lowest BCUT2D eigenvalue weighted by atomic mass is 9.91. The van der Waals surface area contributed by atoms with Crippen molar-refractivity contribution in [3.05, 3.63) is 48.4 Å². The van der Waals surface area contributed by atoms with Crippen molar-refractivity contribution in [3.63, 3.8) is 0 Å². The molecule has 0 atom stereocenters. The summed E-state index contributed by atoms with van der Waals surface area (Å²) in [5.74, 6) is 0.488. The maximum atomic E-state index is 12.9. The number of benzene rings is 1. The zero-order valence-electron chi connectivity index (χ0n) is 20.6. The van der Waals surface area contributed by atoms with Crippen LogP contribution in [0.1, 0.15) is 52.0 Å². The molecule has 0 unspecified atom stereocenters. The number of nitrogens with zero attached hydrogens (tertiary/aromatic N) is 3. The van der Waals surface area contributed by atoms with Gasteiger partial charge in [-0.1, -0.05) is 17.7 Å². The van der Waals surface area contributed by atoms with E-state index in [1.807, 2.05) is 33.8 Å². The minimum absolute atomic E-state index is 0.0846. The van der Waals surface area contributed by atoms with Crippen molar-refractivity contribution in [3.8, 4) is 0 Å². The summed E-state index contributed by atoms with van der Waals surface area (Å²) >= 11 is 0. The van der Waals surface area contributed by atoms with Crippen LogP contribution < -0.4 is 10.6 Å². The second-order valence-electron chi connectivity index (χ2n) is 10.1. The number of alkyl carbamates (subject to hydrolysis) is 1. The SMILES string of the molecule is Cc1ccc(S(=O)(=O)Cn2ccc3c(NC4CCC(NC(=O)OC(C)(C)C)CC4)ncnc32)cc1. The summed E-state index contributed by atoms with van der Waals surface area (Å²) in [5, 5.41) is 7.23. The Morgan fingerprint density at radius 1 is 1.06 bits per heavy atom. The van der Waals surface area contributed by atoms with E-state index in [0.717, 1.165) is 36.6 Å². The highest BCUT2D eigenvalue weighted by Crippen LogP contribution is 2.27. The van der Waals surface area contributed by atoms with Crippen molar-refractivity contribution in [1.82, 2.24) is 19.9 Å². The maximum absolute atomic E-state index is 12.9. The molecular weight excluding hydrogens is 466 g/mol. The standard InChI is InChI=1S/C25H33N5O4S/c1-17-5-11-20(12-6-17)35(32,33)16-30-14-13-21-22(26-15-27-23(21)30)28-18-7-9-19(10-8-18)29-24(31)34-25(2,3)4/h5-6,11-15,18-19H,7-10,16H2,1-4H3,(H,29,31)(H,26,27,28). The van der Waals surface area contributed by atoms with Gasteiger partial charge in [0.25, 0.3) is 0 Å². The Hall–Kier alpha value is -3.14. The number of sulfone groups is 1. The van der Waals surface area contributed by atoms with Gasteiger partial charge in [0.1, 0.15) is 29.3 Å². The molecule has 0 bridgehead atoms. The number of nitrogens with one attached hydrogen (secondary N) is 2. The monoisotopic (exact) mass is 499 g/mol. The average molecular weight is 500 g/mol. The number of rotatable bonds is 6. The van der Waals surface area contributed by atoms with E-state index in [2.05, 4.69) is 20.6 Å². The number of anilines is 1. The van der Waals surface area contributed by atoms with Crippen molar-refractivity contribution < 1.29 is 17.9 Å². The first-order valence-electron chi connectivity index (χ1n) is 11.9. The minimum Gasteiger partial charge on any atom is -0.444 e. The van der Waals surface area contributed by atoms with Crippen LogP contribution in [-0.2, 0) is 20.5 Å². The Labute approximate surface area is 206 Å². The molecule has 2 N–H and O–H groups in total. The first-order valence-corrected chi connectivity index (χ1v) is 13.5. The molecule has 3 aromatic rings. The summed E-state index contributed by atoms with van der Waals surface area (Å²) in [4.78, 5) is 21.1. The number of fused-ring (bicyclic) bond motifs is 1. The Kier molecular flexibility index (Phi) is 7.02. The van der Waals surface area contributed by atoms with Crippen LogP contribution >= 0.6 is 0 Å². The second-order valence-corrected chi connectivity index (χ2v) is 12.1. The largest absolute Gasteiger partial charge is 0.444 e. The first kappa shape index (κ1) is 25.0. The summed E-state index contributed by atoms with van der Waals surface area (Å²) in [5.41, 5.74) is 1.06. The molecule has 2 heterocycles. The van der Waals surface area contributed by atoms with Crippen LogP contribution in [0.2, 0.25) is 0 Å². The molecule has 2 aromatic heterocycles. The van der Waals surface area contributed by atoms with E-state index in [0.29, 0.717) is 11.5 Å². The molecule has 0 radical (unpaired) electrons. The summed E-state index contributed by atoms with van der Waals surface area (Å²) in [6.07, 6.45) is 6.21. The fourth-order valence-electron chi connectivity index (χ4n) is 4.28. The van der Waals surface area contributed by atoms with E-state index in [9.17, 15) is 13.2 Å². The summed E-state index contributed by atoms with van der Waals surface area (Å²) < 4.78 is 32.8. The zero-order chi connectivity index (χ0) is 25.2. The number of hydrogen-bond donors (Lipinski definition) is 2. The number of aromatic nitrogens is 3. The normalized spacial score (nSPS) is 18.9. The topological polar surface area (TPSA) is 115 Å². The predicted octanol–water partition coefficient (Wildman–Crippen LogP) is 4.42. The van der Waals surface area contributed by atoms with Gasteiger partial charge in [0.2, 0.25) is 0 Å². The van der Waals surface area contributed by atoms with Crippen LogP contribution in [0.3, 0.4) is 0 Å².